The highest BCUT2D eigenvalue weighted by Gasteiger charge is 2.07. The minimum Gasteiger partial charge on any atom is -0.335 e. The van der Waals surface area contributed by atoms with Gasteiger partial charge in [0.25, 0.3) is 0 Å². The van der Waals surface area contributed by atoms with Crippen LogP contribution in [-0.4, -0.2) is 9.55 Å². The molecule has 1 aromatic carbocycles. The second-order valence-corrected chi connectivity index (χ2v) is 8.97. The zero-order valence-corrected chi connectivity index (χ0v) is 19.9. The number of rotatable bonds is 18. The van der Waals surface area contributed by atoms with Gasteiger partial charge >= 0.3 is 0 Å². The van der Waals surface area contributed by atoms with Crippen LogP contribution in [0.4, 0.5) is 0 Å². The van der Waals surface area contributed by atoms with Gasteiger partial charge in [-0.25, -0.2) is 4.98 Å². The molecule has 0 unspecified atom stereocenters. The zero-order chi connectivity index (χ0) is 21.3. The zero-order valence-electron chi connectivity index (χ0n) is 19.9. The molecule has 0 bridgehead atoms. The minimum absolute atomic E-state index is 1.09. The molecule has 2 rings (SSSR count). The van der Waals surface area contributed by atoms with Crippen LogP contribution in [0.5, 0.6) is 0 Å². The summed E-state index contributed by atoms with van der Waals surface area (Å²) < 4.78 is 2.45. The van der Waals surface area contributed by atoms with Crippen molar-refractivity contribution in [1.29, 1.82) is 0 Å². The lowest BCUT2D eigenvalue weighted by Crippen LogP contribution is -2.03. The summed E-state index contributed by atoms with van der Waals surface area (Å²) in [7, 11) is 0. The fourth-order valence-corrected chi connectivity index (χ4v) is 4.32. The Hall–Kier alpha value is -1.57. The van der Waals surface area contributed by atoms with Crippen LogP contribution in [0.15, 0.2) is 36.5 Å². The molecule has 1 aromatic heterocycles. The van der Waals surface area contributed by atoms with Crippen molar-refractivity contribution in [2.45, 2.75) is 123 Å². The molecule has 0 amide bonds. The lowest BCUT2D eigenvalue weighted by molar-refractivity contribution is 0.524. The van der Waals surface area contributed by atoms with Crippen molar-refractivity contribution in [2.24, 2.45) is 0 Å². The first-order chi connectivity index (χ1) is 14.8. The van der Waals surface area contributed by atoms with E-state index in [2.05, 4.69) is 54.9 Å². The average molecular weight is 411 g/mol. The van der Waals surface area contributed by atoms with Crippen LogP contribution in [0.3, 0.4) is 0 Å². The van der Waals surface area contributed by atoms with Crippen LogP contribution in [0.2, 0.25) is 0 Å². The van der Waals surface area contributed by atoms with Crippen molar-refractivity contribution in [1.82, 2.24) is 9.55 Å². The first-order valence-corrected chi connectivity index (χ1v) is 12.9. The van der Waals surface area contributed by atoms with E-state index in [-0.39, 0.29) is 0 Å². The van der Waals surface area contributed by atoms with Gasteiger partial charge in [0.2, 0.25) is 0 Å². The molecule has 0 N–H and O–H groups in total. The number of hydrogen-bond acceptors (Lipinski definition) is 1. The molecule has 0 radical (unpaired) electrons. The van der Waals surface area contributed by atoms with Gasteiger partial charge in [-0.1, -0.05) is 108 Å². The Morgan fingerprint density at radius 2 is 1.27 bits per heavy atom. The molecule has 0 saturated carbocycles. The minimum atomic E-state index is 1.09. The molecule has 0 aliphatic heterocycles. The maximum Gasteiger partial charge on any atom is 0.108 e. The Morgan fingerprint density at radius 3 is 1.90 bits per heavy atom. The van der Waals surface area contributed by atoms with Crippen molar-refractivity contribution < 1.29 is 0 Å². The van der Waals surface area contributed by atoms with E-state index in [1.165, 1.54) is 101 Å². The van der Waals surface area contributed by atoms with E-state index < -0.39 is 0 Å². The van der Waals surface area contributed by atoms with Crippen molar-refractivity contribution in [3.8, 4) is 0 Å². The Morgan fingerprint density at radius 1 is 0.633 bits per heavy atom. The van der Waals surface area contributed by atoms with Gasteiger partial charge in [-0.3, -0.25) is 0 Å². The summed E-state index contributed by atoms with van der Waals surface area (Å²) >= 11 is 0. The van der Waals surface area contributed by atoms with Crippen LogP contribution < -0.4 is 0 Å². The molecule has 0 atom stereocenters. The van der Waals surface area contributed by atoms with E-state index in [9.17, 15) is 0 Å². The highest BCUT2D eigenvalue weighted by molar-refractivity contribution is 5.15. The maximum atomic E-state index is 4.96. The SMILES string of the molecule is CCCCCCCCCCCCCn1cc(CCCc2ccccc2)nc1CCC. The third-order valence-electron chi connectivity index (χ3n) is 6.13. The van der Waals surface area contributed by atoms with Gasteiger partial charge < -0.3 is 4.57 Å². The Labute approximate surface area is 186 Å². The van der Waals surface area contributed by atoms with Gasteiger partial charge in [0.1, 0.15) is 5.82 Å². The van der Waals surface area contributed by atoms with Gasteiger partial charge in [0.15, 0.2) is 0 Å². The summed E-state index contributed by atoms with van der Waals surface area (Å²) in [5.74, 6) is 1.30. The molecule has 2 nitrogen and oxygen atoms in total. The smallest absolute Gasteiger partial charge is 0.108 e. The number of hydrogen-bond donors (Lipinski definition) is 0. The first-order valence-electron chi connectivity index (χ1n) is 12.9. The molecule has 0 aliphatic rings. The largest absolute Gasteiger partial charge is 0.335 e. The Balaban J connectivity index is 1.61. The van der Waals surface area contributed by atoms with E-state index in [1.807, 2.05) is 0 Å². The van der Waals surface area contributed by atoms with Crippen LogP contribution in [0.1, 0.15) is 114 Å². The third-order valence-corrected chi connectivity index (χ3v) is 6.13. The number of aromatic nitrogens is 2. The average Bonchev–Trinajstić information content (AvgIpc) is 3.14. The molecule has 0 spiro atoms. The topological polar surface area (TPSA) is 17.8 Å². The molecular formula is C28H46N2. The van der Waals surface area contributed by atoms with E-state index >= 15 is 0 Å². The van der Waals surface area contributed by atoms with Gasteiger partial charge in [-0.15, -0.1) is 0 Å². The van der Waals surface area contributed by atoms with Crippen LogP contribution in [0.25, 0.3) is 0 Å². The lowest BCUT2D eigenvalue weighted by atomic mass is 10.1. The van der Waals surface area contributed by atoms with Crippen LogP contribution in [-0.2, 0) is 25.8 Å². The second-order valence-electron chi connectivity index (χ2n) is 8.97. The van der Waals surface area contributed by atoms with E-state index in [0.29, 0.717) is 0 Å². The van der Waals surface area contributed by atoms with Gasteiger partial charge in [-0.2, -0.15) is 0 Å². The lowest BCUT2D eigenvalue weighted by Gasteiger charge is -2.07. The Kier molecular flexibility index (Phi) is 13.3. The molecule has 0 aliphatic carbocycles. The fourth-order valence-electron chi connectivity index (χ4n) is 4.32. The molecule has 30 heavy (non-hydrogen) atoms. The number of aryl methyl sites for hydroxylation is 4. The third kappa shape index (κ3) is 10.5. The van der Waals surface area contributed by atoms with Crippen LogP contribution >= 0.6 is 0 Å². The van der Waals surface area contributed by atoms with E-state index in [1.54, 1.807) is 0 Å². The Bertz CT molecular complexity index is 644. The molecule has 0 saturated heterocycles. The van der Waals surface area contributed by atoms with Gasteiger partial charge in [-0.05, 0) is 37.7 Å². The number of nitrogens with zero attached hydrogens (tertiary/aromatic N) is 2. The summed E-state index contributed by atoms with van der Waals surface area (Å²) in [5.41, 5.74) is 2.73. The molecule has 2 aromatic rings. The van der Waals surface area contributed by atoms with Crippen molar-refractivity contribution in [2.75, 3.05) is 0 Å². The summed E-state index contributed by atoms with van der Waals surface area (Å²) in [6, 6.07) is 10.8. The quantitative estimate of drug-likeness (QED) is 0.226. The summed E-state index contributed by atoms with van der Waals surface area (Å²) in [4.78, 5) is 4.96. The fraction of sp³-hybridized carbons (Fsp3) is 0.679. The predicted molar refractivity (Wildman–Crippen MR) is 131 cm³/mol. The summed E-state index contributed by atoms with van der Waals surface area (Å²) in [6.07, 6.45) is 23.5. The van der Waals surface area contributed by atoms with Crippen molar-refractivity contribution in [3.63, 3.8) is 0 Å². The number of unbranched alkanes of at least 4 members (excludes halogenated alkanes) is 10. The van der Waals surface area contributed by atoms with Gasteiger partial charge in [0.05, 0.1) is 5.69 Å². The number of imidazole rings is 1. The maximum absolute atomic E-state index is 4.96. The molecule has 1 heterocycles. The second kappa shape index (κ2) is 16.2. The van der Waals surface area contributed by atoms with Gasteiger partial charge in [0, 0.05) is 19.2 Å². The molecule has 168 valence electrons. The highest BCUT2D eigenvalue weighted by atomic mass is 15.1. The summed E-state index contributed by atoms with van der Waals surface area (Å²) in [6.45, 7) is 5.70. The van der Waals surface area contributed by atoms with E-state index in [0.717, 1.165) is 25.8 Å². The number of benzene rings is 1. The molecule has 2 heteroatoms. The van der Waals surface area contributed by atoms with Crippen molar-refractivity contribution in [3.05, 3.63) is 53.6 Å². The standard InChI is InChI=1S/C28H46N2/c1-3-5-6-7-8-9-10-11-12-13-17-24-30-25-27(29-28(30)19-4-2)23-18-22-26-20-15-14-16-21-26/h14-16,20-21,25H,3-13,17-19,22-24H2,1-2H3. The van der Waals surface area contributed by atoms with Crippen molar-refractivity contribution >= 4 is 0 Å². The normalized spacial score (nSPS) is 11.3. The molecular weight excluding hydrogens is 364 g/mol. The highest BCUT2D eigenvalue weighted by Crippen LogP contribution is 2.14. The molecule has 0 fully saturated rings. The predicted octanol–water partition coefficient (Wildman–Crippen LogP) is 8.32. The van der Waals surface area contributed by atoms with Crippen LogP contribution in [0, 0.1) is 0 Å². The summed E-state index contributed by atoms with van der Waals surface area (Å²) in [5, 5.41) is 0. The monoisotopic (exact) mass is 410 g/mol. The van der Waals surface area contributed by atoms with E-state index in [4.69, 9.17) is 4.98 Å². The first kappa shape index (κ1) is 24.7.